The maximum atomic E-state index is 9.75. The first-order chi connectivity index (χ1) is 31.8. The first kappa shape index (κ1) is 58.6. The molecule has 0 unspecified atom stereocenters. The number of benzene rings is 8. The first-order valence-electron chi connectivity index (χ1n) is 21.1. The summed E-state index contributed by atoms with van der Waals surface area (Å²) in [5.74, 6) is 0. The van der Waals surface area contributed by atoms with Crippen molar-refractivity contribution in [2.75, 3.05) is 24.6 Å². The van der Waals surface area contributed by atoms with Gasteiger partial charge in [0.1, 0.15) is 0 Å². The van der Waals surface area contributed by atoms with E-state index in [2.05, 4.69) is 243 Å². The van der Waals surface area contributed by atoms with E-state index in [4.69, 9.17) is 0 Å². The van der Waals surface area contributed by atoms with E-state index < -0.39 is 14.5 Å². The van der Waals surface area contributed by atoms with Crippen LogP contribution in [0.2, 0.25) is 0 Å². The van der Waals surface area contributed by atoms with Crippen LogP contribution in [0.1, 0.15) is 0 Å². The average Bonchev–Trinajstić information content (AvgIpc) is 3.33. The van der Waals surface area contributed by atoms with Crippen molar-refractivity contribution in [2.24, 2.45) is 0 Å². The Bertz CT molecular complexity index is 1980. The topological polar surface area (TPSA) is 0 Å². The van der Waals surface area contributed by atoms with Gasteiger partial charge in [0.2, 0.25) is 0 Å². The van der Waals surface area contributed by atoms with Crippen molar-refractivity contribution in [1.82, 2.24) is 0 Å². The molecule has 2 radical (unpaired) electrons. The Kier molecular flexibility index (Phi) is 27.2. The predicted octanol–water partition coefficient (Wildman–Crippen LogP) is 13.1. The van der Waals surface area contributed by atoms with Gasteiger partial charge in [0.15, 0.2) is 0 Å². The molecule has 0 amide bonds. The van der Waals surface area contributed by atoms with Crippen LogP contribution in [0.25, 0.3) is 0 Å². The second kappa shape index (κ2) is 31.5. The van der Waals surface area contributed by atoms with Gasteiger partial charge < -0.3 is 34.5 Å². The van der Waals surface area contributed by atoms with Gasteiger partial charge in [0.05, 0.1) is 0 Å². The van der Waals surface area contributed by atoms with Crippen molar-refractivity contribution in [3.05, 3.63) is 243 Å². The Balaban J connectivity index is 0.000000293. The fourth-order valence-electron chi connectivity index (χ4n) is 6.89. The zero-order valence-corrected chi connectivity index (χ0v) is 43.4. The summed E-state index contributed by atoms with van der Waals surface area (Å²) in [4.78, 5) is 0. The molecule has 0 nitrogen and oxygen atoms in total. The van der Waals surface area contributed by atoms with Crippen LogP contribution < -0.4 is 42.4 Å². The van der Waals surface area contributed by atoms with E-state index in [0.717, 1.165) is 0 Å². The van der Waals surface area contributed by atoms with Crippen molar-refractivity contribution in [3.8, 4) is 0 Å². The van der Waals surface area contributed by atoms with Crippen LogP contribution in [0, 0.1) is 0 Å². The van der Waals surface area contributed by atoms with Crippen LogP contribution in [-0.2, 0) is 39.0 Å². The van der Waals surface area contributed by atoms with E-state index in [9.17, 15) is 34.5 Å². The smallest absolute Gasteiger partial charge is 0.418 e. The summed E-state index contributed by atoms with van der Waals surface area (Å²) in [6.45, 7) is 0. The van der Waals surface area contributed by atoms with Gasteiger partial charge in [-0.3, -0.25) is 0 Å². The van der Waals surface area contributed by atoms with Gasteiger partial charge in [-0.2, -0.15) is 0 Å². The van der Waals surface area contributed by atoms with Gasteiger partial charge in [0, 0.05) is 39.0 Å². The standard InChI is InChI=1S/2C26H24P2.2BF4.2Rh/c2*1-5-13-23(14-6-1)27(24-15-7-2-8-16-24)21-22-28(25-17-9-3-10-18-25)26-19-11-4-12-20-26;2*2-1(3,4)5;;/h2*1-20H,21-22H2;;;;/q;;2*-1;;. The van der Waals surface area contributed by atoms with Crippen molar-refractivity contribution in [2.45, 2.75) is 0 Å². The second-order valence-corrected chi connectivity index (χ2v) is 23.6. The molecule has 8 aromatic rings. The minimum Gasteiger partial charge on any atom is -0.418 e. The average molecular weight is 1180 g/mol. The molecule has 0 saturated carbocycles. The Labute approximate surface area is 426 Å². The minimum atomic E-state index is -6.00. The minimum absolute atomic E-state index is 0. The van der Waals surface area contributed by atoms with E-state index in [1.807, 2.05) is 0 Å². The molecule has 0 heterocycles. The van der Waals surface area contributed by atoms with Crippen LogP contribution in [0.15, 0.2) is 243 Å². The Morgan fingerprint density at radius 3 is 0.382 bits per heavy atom. The van der Waals surface area contributed by atoms with Gasteiger partial charge in [-0.1, -0.05) is 243 Å². The zero-order valence-electron chi connectivity index (χ0n) is 36.6. The molecule has 8 rings (SSSR count). The number of hydrogen-bond donors (Lipinski definition) is 0. The summed E-state index contributed by atoms with van der Waals surface area (Å²) in [5.41, 5.74) is 0. The molecule has 16 heteroatoms. The molecule has 0 N–H and O–H groups in total. The molecule has 0 aliphatic carbocycles. The molecule has 0 aliphatic rings. The first-order valence-corrected chi connectivity index (χ1v) is 27.2. The third kappa shape index (κ3) is 22.4. The molecule has 68 heavy (non-hydrogen) atoms. The number of rotatable bonds is 14. The third-order valence-corrected chi connectivity index (χ3v) is 20.4. The zero-order chi connectivity index (χ0) is 47.0. The van der Waals surface area contributed by atoms with E-state index in [1.54, 1.807) is 0 Å². The summed E-state index contributed by atoms with van der Waals surface area (Å²) < 4.78 is 78.0. The van der Waals surface area contributed by atoms with Gasteiger partial charge in [0.25, 0.3) is 0 Å². The molecular formula is C52H48B2F8P4Rh2-2. The van der Waals surface area contributed by atoms with Crippen molar-refractivity contribution < 1.29 is 73.5 Å². The summed E-state index contributed by atoms with van der Waals surface area (Å²) in [7, 11) is -13.4. The third-order valence-electron chi connectivity index (χ3n) is 9.64. The van der Waals surface area contributed by atoms with Crippen molar-refractivity contribution in [1.29, 1.82) is 0 Å². The van der Waals surface area contributed by atoms with Crippen LogP contribution in [0.5, 0.6) is 0 Å². The number of hydrogen-bond acceptors (Lipinski definition) is 0. The van der Waals surface area contributed by atoms with Crippen LogP contribution in [0.3, 0.4) is 0 Å². The second-order valence-electron chi connectivity index (χ2n) is 14.3. The molecule has 0 aromatic heterocycles. The van der Waals surface area contributed by atoms with E-state index in [-0.39, 0.29) is 70.6 Å². The van der Waals surface area contributed by atoms with E-state index in [1.165, 1.54) is 67.1 Å². The molecule has 0 atom stereocenters. The Morgan fingerprint density at radius 2 is 0.294 bits per heavy atom. The van der Waals surface area contributed by atoms with Crippen LogP contribution >= 0.6 is 31.7 Å². The Hall–Kier alpha value is -3.70. The van der Waals surface area contributed by atoms with Crippen molar-refractivity contribution >= 4 is 88.6 Å². The molecule has 358 valence electrons. The van der Waals surface area contributed by atoms with Gasteiger partial charge in [-0.25, -0.2) is 0 Å². The summed E-state index contributed by atoms with van der Waals surface area (Å²) in [5, 5.41) is 11.8. The molecule has 0 fully saturated rings. The van der Waals surface area contributed by atoms with Gasteiger partial charge >= 0.3 is 14.5 Å². The summed E-state index contributed by atoms with van der Waals surface area (Å²) in [6.07, 6.45) is 4.83. The predicted molar refractivity (Wildman–Crippen MR) is 276 cm³/mol. The normalized spacial score (nSPS) is 10.9. The molecule has 0 aliphatic heterocycles. The van der Waals surface area contributed by atoms with Crippen LogP contribution in [0.4, 0.5) is 34.5 Å². The molecule has 0 bridgehead atoms. The quantitative estimate of drug-likeness (QED) is 0.0578. The summed E-state index contributed by atoms with van der Waals surface area (Å²) >= 11 is 0. The molecular weight excluding hydrogens is 1130 g/mol. The maximum Gasteiger partial charge on any atom is 0.673 e. The monoisotopic (exact) mass is 1180 g/mol. The van der Waals surface area contributed by atoms with E-state index >= 15 is 0 Å². The van der Waals surface area contributed by atoms with Gasteiger partial charge in [-0.05, 0) is 98.8 Å². The molecule has 0 saturated heterocycles. The van der Waals surface area contributed by atoms with Crippen molar-refractivity contribution in [3.63, 3.8) is 0 Å². The Morgan fingerprint density at radius 1 is 0.206 bits per heavy atom. The largest absolute Gasteiger partial charge is 0.673 e. The number of halogens is 8. The van der Waals surface area contributed by atoms with E-state index in [0.29, 0.717) is 0 Å². The molecule has 8 aromatic carbocycles. The SMILES string of the molecule is F[B-](F)(F)F.F[B-](F)(F)F.[Rh].[Rh].c1ccc(P(CCP(c2ccccc2)c2ccccc2)c2ccccc2)cc1.c1ccc(P(CCP(c2ccccc2)c2ccccc2)c2ccccc2)cc1. The summed E-state index contributed by atoms with van der Waals surface area (Å²) in [6, 6.07) is 88.4. The fourth-order valence-corrected chi connectivity index (χ4v) is 17.6. The fraction of sp³-hybridized carbons (Fsp3) is 0.0769. The maximum absolute atomic E-state index is 9.75. The van der Waals surface area contributed by atoms with Gasteiger partial charge in [-0.15, -0.1) is 0 Å². The molecule has 0 spiro atoms. The van der Waals surface area contributed by atoms with Crippen LogP contribution in [-0.4, -0.2) is 39.2 Å².